The number of nitrogens with one attached hydrogen (secondary N) is 2. The van der Waals surface area contributed by atoms with E-state index in [0.717, 1.165) is 55.7 Å². The molecule has 1 aliphatic heterocycles. The normalized spacial score (nSPS) is 15.1. The molecule has 1 aromatic carbocycles. The first-order chi connectivity index (χ1) is 11.6. The lowest BCUT2D eigenvalue weighted by atomic mass is 10.1. The van der Waals surface area contributed by atoms with Crippen molar-refractivity contribution in [1.29, 1.82) is 0 Å². The molecule has 2 rings (SSSR count). The number of nitrogens with zero attached hydrogens (tertiary/aromatic N) is 1. The second-order valence-electron chi connectivity index (χ2n) is 5.74. The maximum Gasteiger partial charge on any atom is 0.203 e. The van der Waals surface area contributed by atoms with Gasteiger partial charge in [-0.3, -0.25) is 0 Å². The molecule has 0 unspecified atom stereocenters. The first kappa shape index (κ1) is 18.6. The molecule has 134 valence electrons. The number of ether oxygens (including phenoxy) is 3. The van der Waals surface area contributed by atoms with Gasteiger partial charge >= 0.3 is 0 Å². The molecule has 7 heteroatoms. The van der Waals surface area contributed by atoms with Crippen LogP contribution in [0.15, 0.2) is 12.1 Å². The van der Waals surface area contributed by atoms with E-state index in [1.54, 1.807) is 21.3 Å². The summed E-state index contributed by atoms with van der Waals surface area (Å²) in [6.45, 7) is 7.86. The number of thiocarbonyl (C=S) groups is 1. The highest BCUT2D eigenvalue weighted by Crippen LogP contribution is 2.39. The summed E-state index contributed by atoms with van der Waals surface area (Å²) in [5.41, 5.74) is 1.13. The largest absolute Gasteiger partial charge is 0.493 e. The molecule has 1 heterocycles. The Morgan fingerprint density at radius 3 is 2.33 bits per heavy atom. The molecule has 0 aromatic heterocycles. The Morgan fingerprint density at radius 1 is 1.12 bits per heavy atom. The smallest absolute Gasteiger partial charge is 0.203 e. The summed E-state index contributed by atoms with van der Waals surface area (Å²) in [4.78, 5) is 3.75. The van der Waals surface area contributed by atoms with E-state index in [-0.39, 0.29) is 0 Å². The van der Waals surface area contributed by atoms with Crippen molar-refractivity contribution in [2.24, 2.45) is 0 Å². The van der Waals surface area contributed by atoms with Crippen molar-refractivity contribution in [2.45, 2.75) is 13.5 Å². The number of hydrogen-bond donors (Lipinski definition) is 2. The van der Waals surface area contributed by atoms with E-state index in [9.17, 15) is 0 Å². The van der Waals surface area contributed by atoms with Gasteiger partial charge in [-0.2, -0.15) is 0 Å². The van der Waals surface area contributed by atoms with Crippen molar-refractivity contribution in [2.75, 3.05) is 54.1 Å². The number of hydrogen-bond acceptors (Lipinski definition) is 4. The minimum absolute atomic E-state index is 0.656. The van der Waals surface area contributed by atoms with Crippen LogP contribution in [0.3, 0.4) is 0 Å². The van der Waals surface area contributed by atoms with Gasteiger partial charge in [-0.15, -0.1) is 0 Å². The van der Waals surface area contributed by atoms with Crippen molar-refractivity contribution in [1.82, 2.24) is 10.2 Å². The van der Waals surface area contributed by atoms with Gasteiger partial charge in [-0.05, 0) is 31.3 Å². The third-order valence-corrected chi connectivity index (χ3v) is 4.71. The lowest BCUT2D eigenvalue weighted by Gasteiger charge is -2.34. The van der Waals surface area contributed by atoms with Crippen LogP contribution in [-0.2, 0) is 6.54 Å². The van der Waals surface area contributed by atoms with Crippen LogP contribution in [0.5, 0.6) is 17.2 Å². The van der Waals surface area contributed by atoms with Crippen molar-refractivity contribution in [3.05, 3.63) is 17.7 Å². The van der Waals surface area contributed by atoms with Gasteiger partial charge in [0.05, 0.1) is 53.1 Å². The fraction of sp³-hybridized carbons (Fsp3) is 0.588. The van der Waals surface area contributed by atoms with Crippen molar-refractivity contribution >= 4 is 17.3 Å². The monoisotopic (exact) mass is 354 g/mol. The first-order valence-electron chi connectivity index (χ1n) is 8.28. The van der Waals surface area contributed by atoms with E-state index < -0.39 is 0 Å². The van der Waals surface area contributed by atoms with Crippen LogP contribution >= 0.6 is 12.2 Å². The van der Waals surface area contributed by atoms with Gasteiger partial charge in [0.25, 0.3) is 0 Å². The predicted molar refractivity (Wildman–Crippen MR) is 98.3 cm³/mol. The van der Waals surface area contributed by atoms with Crippen LogP contribution in [-0.4, -0.2) is 64.1 Å². The molecule has 2 N–H and O–H groups in total. The molecule has 0 atom stereocenters. The Bertz CT molecular complexity index is 560. The number of rotatable bonds is 6. The summed E-state index contributed by atoms with van der Waals surface area (Å²) in [6.07, 6.45) is 0. The topological polar surface area (TPSA) is 47.4 Å². The Hall–Kier alpha value is -1.73. The van der Waals surface area contributed by atoms with Crippen molar-refractivity contribution in [3.8, 4) is 17.2 Å². The highest BCUT2D eigenvalue weighted by Gasteiger charge is 2.24. The number of piperazine rings is 1. The molecule has 0 aliphatic carbocycles. The predicted octanol–water partition coefficient (Wildman–Crippen LogP) is 0.307. The second kappa shape index (κ2) is 8.94. The minimum Gasteiger partial charge on any atom is -0.493 e. The van der Waals surface area contributed by atoms with E-state index in [1.807, 2.05) is 6.07 Å². The maximum atomic E-state index is 5.58. The van der Waals surface area contributed by atoms with E-state index in [0.29, 0.717) is 11.5 Å². The highest BCUT2D eigenvalue weighted by molar-refractivity contribution is 7.80. The molecule has 1 aromatic rings. The van der Waals surface area contributed by atoms with Crippen LogP contribution in [0.25, 0.3) is 0 Å². The van der Waals surface area contributed by atoms with E-state index in [2.05, 4.69) is 23.2 Å². The number of benzene rings is 1. The van der Waals surface area contributed by atoms with Crippen LogP contribution in [0.1, 0.15) is 12.5 Å². The standard InChI is InChI=1S/C17H27N3O3S/c1-5-18-17(24)20-10-8-19(9-11-20)12-13-6-7-14(21-2)16(23-4)15(13)22-3/h6-7H,5,8-12H2,1-4H3,(H,18,24)/p+1. The molecule has 1 aliphatic rings. The zero-order valence-electron chi connectivity index (χ0n) is 15.0. The lowest BCUT2D eigenvalue weighted by Crippen LogP contribution is -3.13. The van der Waals surface area contributed by atoms with Crippen LogP contribution in [0.2, 0.25) is 0 Å². The Balaban J connectivity index is 2.03. The van der Waals surface area contributed by atoms with Gasteiger partial charge < -0.3 is 29.3 Å². The minimum atomic E-state index is 0.656. The quantitative estimate of drug-likeness (QED) is 0.717. The maximum absolute atomic E-state index is 5.58. The molecule has 0 radical (unpaired) electrons. The lowest BCUT2D eigenvalue weighted by molar-refractivity contribution is -0.917. The van der Waals surface area contributed by atoms with E-state index >= 15 is 0 Å². The van der Waals surface area contributed by atoms with Crippen LogP contribution < -0.4 is 24.4 Å². The molecule has 1 saturated heterocycles. The zero-order chi connectivity index (χ0) is 17.5. The van der Waals surface area contributed by atoms with Gasteiger partial charge in [-0.25, -0.2) is 0 Å². The van der Waals surface area contributed by atoms with E-state index in [4.69, 9.17) is 26.4 Å². The molecule has 24 heavy (non-hydrogen) atoms. The summed E-state index contributed by atoms with van der Waals surface area (Å²) in [6, 6.07) is 4.00. The molecular weight excluding hydrogens is 326 g/mol. The van der Waals surface area contributed by atoms with Gasteiger partial charge in [0, 0.05) is 6.54 Å². The SMILES string of the molecule is CCNC(=S)N1CC[NH+](Cc2ccc(OC)c(OC)c2OC)CC1. The third kappa shape index (κ3) is 4.21. The fourth-order valence-corrected chi connectivity index (χ4v) is 3.36. The summed E-state index contributed by atoms with van der Waals surface area (Å²) in [5.74, 6) is 2.10. The van der Waals surface area contributed by atoms with Gasteiger partial charge in [0.15, 0.2) is 16.6 Å². The summed E-state index contributed by atoms with van der Waals surface area (Å²) < 4.78 is 16.4. The van der Waals surface area contributed by atoms with Crippen LogP contribution in [0, 0.1) is 0 Å². The number of methoxy groups -OCH3 is 3. The molecule has 6 nitrogen and oxygen atoms in total. The summed E-state index contributed by atoms with van der Waals surface area (Å²) >= 11 is 5.40. The molecule has 0 amide bonds. The van der Waals surface area contributed by atoms with Gasteiger partial charge in [-0.1, -0.05) is 0 Å². The Kier molecular flexibility index (Phi) is 6.93. The number of quaternary nitrogens is 1. The average molecular weight is 354 g/mol. The molecule has 0 bridgehead atoms. The highest BCUT2D eigenvalue weighted by atomic mass is 32.1. The molecule has 1 fully saturated rings. The Labute approximate surface area is 149 Å². The van der Waals surface area contributed by atoms with Crippen molar-refractivity contribution in [3.63, 3.8) is 0 Å². The zero-order valence-corrected chi connectivity index (χ0v) is 15.8. The summed E-state index contributed by atoms with van der Waals surface area (Å²) in [7, 11) is 4.94. The fourth-order valence-electron chi connectivity index (χ4n) is 3.04. The molecule has 0 spiro atoms. The van der Waals surface area contributed by atoms with E-state index in [1.165, 1.54) is 4.90 Å². The van der Waals surface area contributed by atoms with Gasteiger partial charge in [0.1, 0.15) is 6.54 Å². The van der Waals surface area contributed by atoms with Crippen LogP contribution in [0.4, 0.5) is 0 Å². The summed E-state index contributed by atoms with van der Waals surface area (Å²) in [5, 5.41) is 4.08. The Morgan fingerprint density at radius 2 is 1.79 bits per heavy atom. The molecular formula is C17H28N3O3S+. The second-order valence-corrected chi connectivity index (χ2v) is 6.13. The average Bonchev–Trinajstić information content (AvgIpc) is 2.61. The van der Waals surface area contributed by atoms with Crippen molar-refractivity contribution < 1.29 is 19.1 Å². The van der Waals surface area contributed by atoms with Gasteiger partial charge in [0.2, 0.25) is 5.75 Å². The first-order valence-corrected chi connectivity index (χ1v) is 8.69. The third-order valence-electron chi connectivity index (χ3n) is 4.31. The molecule has 0 saturated carbocycles.